The molecule has 0 unspecified atom stereocenters. The van der Waals surface area contributed by atoms with Crippen LogP contribution < -0.4 is 0 Å². The van der Waals surface area contributed by atoms with Gasteiger partial charge in [-0.2, -0.15) is 0 Å². The van der Waals surface area contributed by atoms with Gasteiger partial charge in [-0.3, -0.25) is 4.79 Å². The maximum absolute atomic E-state index is 12.4. The van der Waals surface area contributed by atoms with Crippen molar-refractivity contribution in [1.82, 2.24) is 0 Å². The molecule has 0 saturated heterocycles. The van der Waals surface area contributed by atoms with Crippen LogP contribution in [0, 0.1) is 6.92 Å². The van der Waals surface area contributed by atoms with Crippen molar-refractivity contribution in [3.63, 3.8) is 0 Å². The summed E-state index contributed by atoms with van der Waals surface area (Å²) >= 11 is 0. The van der Waals surface area contributed by atoms with Crippen molar-refractivity contribution in [1.29, 1.82) is 0 Å². The van der Waals surface area contributed by atoms with E-state index in [0.29, 0.717) is 12.8 Å². The highest BCUT2D eigenvalue weighted by Gasteiger charge is 2.09. The van der Waals surface area contributed by atoms with Gasteiger partial charge < -0.3 is 0 Å². The zero-order valence-electron chi connectivity index (χ0n) is 12.2. The third-order valence-electron chi connectivity index (χ3n) is 3.92. The normalized spacial score (nSPS) is 10.7. The molecular formula is C20H18O. The van der Waals surface area contributed by atoms with E-state index in [1.54, 1.807) is 0 Å². The molecule has 3 aromatic carbocycles. The van der Waals surface area contributed by atoms with Crippen molar-refractivity contribution >= 4 is 16.6 Å². The molecule has 0 aliphatic carbocycles. The molecule has 0 aliphatic rings. The van der Waals surface area contributed by atoms with Crippen LogP contribution in [0.25, 0.3) is 10.8 Å². The van der Waals surface area contributed by atoms with Gasteiger partial charge in [-0.1, -0.05) is 66.7 Å². The molecule has 0 aliphatic heterocycles. The van der Waals surface area contributed by atoms with Gasteiger partial charge in [0.15, 0.2) is 0 Å². The first kappa shape index (κ1) is 13.6. The van der Waals surface area contributed by atoms with Gasteiger partial charge in [0.25, 0.3) is 0 Å². The maximum atomic E-state index is 12.4. The number of Topliss-reactive ketones (excluding diaryl/α,β-unsaturated/α-hetero) is 1. The molecule has 1 nitrogen and oxygen atoms in total. The minimum Gasteiger partial charge on any atom is -0.299 e. The van der Waals surface area contributed by atoms with Gasteiger partial charge in [-0.05, 0) is 34.4 Å². The van der Waals surface area contributed by atoms with Gasteiger partial charge in [0.2, 0.25) is 0 Å². The fourth-order valence-electron chi connectivity index (χ4n) is 2.74. The molecule has 1 heteroatoms. The lowest BCUT2D eigenvalue weighted by molar-refractivity contribution is -0.117. The van der Waals surface area contributed by atoms with Crippen molar-refractivity contribution in [2.75, 3.05) is 0 Å². The largest absolute Gasteiger partial charge is 0.299 e. The molecule has 3 aromatic rings. The lowest BCUT2D eigenvalue weighted by Crippen LogP contribution is -2.08. The molecule has 21 heavy (non-hydrogen) atoms. The first-order chi connectivity index (χ1) is 10.2. The lowest BCUT2D eigenvalue weighted by atomic mass is 9.96. The summed E-state index contributed by atoms with van der Waals surface area (Å²) in [5.74, 6) is 0.264. The van der Waals surface area contributed by atoms with Crippen molar-refractivity contribution in [2.24, 2.45) is 0 Å². The fourth-order valence-corrected chi connectivity index (χ4v) is 2.74. The standard InChI is InChI=1S/C20H18O/c1-15-7-2-3-9-17(15)13-19(21)14-18-11-6-10-16-8-4-5-12-20(16)18/h2-12H,13-14H2,1H3. The summed E-state index contributed by atoms with van der Waals surface area (Å²) in [7, 11) is 0. The van der Waals surface area contributed by atoms with Gasteiger partial charge in [0.05, 0.1) is 0 Å². The van der Waals surface area contributed by atoms with Gasteiger partial charge in [-0.25, -0.2) is 0 Å². The highest BCUT2D eigenvalue weighted by molar-refractivity contribution is 5.91. The van der Waals surface area contributed by atoms with Crippen LogP contribution in [-0.2, 0) is 17.6 Å². The maximum Gasteiger partial charge on any atom is 0.141 e. The van der Waals surface area contributed by atoms with Crippen molar-refractivity contribution in [3.05, 3.63) is 83.4 Å². The summed E-state index contributed by atoms with van der Waals surface area (Å²) in [6.07, 6.45) is 1.01. The first-order valence-electron chi connectivity index (χ1n) is 7.27. The van der Waals surface area contributed by atoms with E-state index in [4.69, 9.17) is 0 Å². The second-order valence-corrected chi connectivity index (χ2v) is 5.46. The molecule has 0 aromatic heterocycles. The van der Waals surface area contributed by atoms with E-state index in [1.165, 1.54) is 16.3 Å². The number of ketones is 1. The molecule has 0 N–H and O–H groups in total. The van der Waals surface area contributed by atoms with Gasteiger partial charge in [0.1, 0.15) is 5.78 Å². The Bertz CT molecular complexity index is 781. The van der Waals surface area contributed by atoms with Crippen LogP contribution in [0.1, 0.15) is 16.7 Å². The van der Waals surface area contributed by atoms with E-state index in [0.717, 1.165) is 11.1 Å². The van der Waals surface area contributed by atoms with E-state index < -0.39 is 0 Å². The van der Waals surface area contributed by atoms with Crippen molar-refractivity contribution in [3.8, 4) is 0 Å². The summed E-state index contributed by atoms with van der Waals surface area (Å²) in [6, 6.07) is 22.5. The fraction of sp³-hybridized carbons (Fsp3) is 0.150. The van der Waals surface area contributed by atoms with E-state index in [1.807, 2.05) is 36.4 Å². The van der Waals surface area contributed by atoms with E-state index >= 15 is 0 Å². The van der Waals surface area contributed by atoms with Crippen molar-refractivity contribution < 1.29 is 4.79 Å². The molecule has 0 heterocycles. The Morgan fingerprint density at radius 2 is 1.38 bits per heavy atom. The zero-order valence-corrected chi connectivity index (χ0v) is 12.2. The Hall–Kier alpha value is -2.41. The predicted octanol–water partition coefficient (Wildman–Crippen LogP) is 4.50. The zero-order chi connectivity index (χ0) is 14.7. The highest BCUT2D eigenvalue weighted by atomic mass is 16.1. The number of benzene rings is 3. The van der Waals surface area contributed by atoms with Gasteiger partial charge in [-0.15, -0.1) is 0 Å². The molecule has 0 atom stereocenters. The molecule has 0 spiro atoms. The van der Waals surface area contributed by atoms with Crippen LogP contribution in [0.5, 0.6) is 0 Å². The lowest BCUT2D eigenvalue weighted by Gasteiger charge is -2.07. The summed E-state index contributed by atoms with van der Waals surface area (Å²) in [5, 5.41) is 2.37. The Kier molecular flexibility index (Phi) is 3.83. The average Bonchev–Trinajstić information content (AvgIpc) is 2.50. The van der Waals surface area contributed by atoms with E-state index in [2.05, 4.69) is 37.3 Å². The van der Waals surface area contributed by atoms with E-state index in [-0.39, 0.29) is 5.78 Å². The quantitative estimate of drug-likeness (QED) is 0.684. The number of hydrogen-bond acceptors (Lipinski definition) is 1. The Labute approximate surface area is 125 Å². The monoisotopic (exact) mass is 274 g/mol. The van der Waals surface area contributed by atoms with Gasteiger partial charge in [0, 0.05) is 12.8 Å². The van der Waals surface area contributed by atoms with Crippen LogP contribution in [0.3, 0.4) is 0 Å². The minimum atomic E-state index is 0.264. The molecule has 0 fully saturated rings. The Morgan fingerprint density at radius 1 is 0.762 bits per heavy atom. The molecule has 104 valence electrons. The minimum absolute atomic E-state index is 0.264. The van der Waals surface area contributed by atoms with Crippen LogP contribution in [-0.4, -0.2) is 5.78 Å². The molecule has 0 saturated carbocycles. The summed E-state index contributed by atoms with van der Waals surface area (Å²) in [5.41, 5.74) is 3.43. The second kappa shape index (κ2) is 5.92. The third-order valence-corrected chi connectivity index (χ3v) is 3.92. The topological polar surface area (TPSA) is 17.1 Å². The molecular weight excluding hydrogens is 256 g/mol. The number of rotatable bonds is 4. The molecule has 0 bridgehead atoms. The van der Waals surface area contributed by atoms with Crippen LogP contribution in [0.15, 0.2) is 66.7 Å². The average molecular weight is 274 g/mol. The number of fused-ring (bicyclic) bond motifs is 1. The van der Waals surface area contributed by atoms with E-state index in [9.17, 15) is 4.79 Å². The molecule has 0 amide bonds. The summed E-state index contributed by atoms with van der Waals surface area (Å²) < 4.78 is 0. The number of aryl methyl sites for hydroxylation is 1. The molecule has 3 rings (SSSR count). The summed E-state index contributed by atoms with van der Waals surface area (Å²) in [4.78, 5) is 12.4. The van der Waals surface area contributed by atoms with Crippen molar-refractivity contribution in [2.45, 2.75) is 19.8 Å². The van der Waals surface area contributed by atoms with Gasteiger partial charge >= 0.3 is 0 Å². The Morgan fingerprint density at radius 3 is 2.24 bits per heavy atom. The Balaban J connectivity index is 1.82. The highest BCUT2D eigenvalue weighted by Crippen LogP contribution is 2.20. The smallest absolute Gasteiger partial charge is 0.141 e. The summed E-state index contributed by atoms with van der Waals surface area (Å²) in [6.45, 7) is 2.06. The molecule has 0 radical (unpaired) electrons. The van der Waals surface area contributed by atoms with Crippen LogP contribution in [0.4, 0.5) is 0 Å². The number of hydrogen-bond donors (Lipinski definition) is 0. The predicted molar refractivity (Wildman–Crippen MR) is 87.5 cm³/mol. The van der Waals surface area contributed by atoms with Crippen LogP contribution in [0.2, 0.25) is 0 Å². The SMILES string of the molecule is Cc1ccccc1CC(=O)Cc1cccc2ccccc12. The second-order valence-electron chi connectivity index (χ2n) is 5.46. The number of carbonyl (C=O) groups excluding carboxylic acids is 1. The third kappa shape index (κ3) is 3.03. The van der Waals surface area contributed by atoms with Crippen LogP contribution >= 0.6 is 0 Å². The first-order valence-corrected chi connectivity index (χ1v) is 7.27. The number of carbonyl (C=O) groups is 1.